The van der Waals surface area contributed by atoms with E-state index in [9.17, 15) is 33.7 Å². The second-order valence-corrected chi connectivity index (χ2v) is 13.3. The molecule has 38 heavy (non-hydrogen) atoms. The maximum Gasteiger partial charge on any atom is 0.295 e. The molecule has 0 saturated heterocycles. The molecular formula is C20H18N2O12S4. The Labute approximate surface area is 216 Å². The van der Waals surface area contributed by atoms with Crippen molar-refractivity contribution in [3.05, 3.63) is 60.7 Å². The van der Waals surface area contributed by atoms with Crippen molar-refractivity contribution in [1.29, 1.82) is 0 Å². The fourth-order valence-electron chi connectivity index (χ4n) is 3.38. The largest absolute Gasteiger partial charge is 0.399 e. The van der Waals surface area contributed by atoms with Crippen molar-refractivity contribution in [2.24, 2.45) is 0 Å². The van der Waals surface area contributed by atoms with Crippen LogP contribution in [0.5, 0.6) is 0 Å². The number of benzene rings is 4. The lowest BCUT2D eigenvalue weighted by molar-refractivity contribution is 0.477. The van der Waals surface area contributed by atoms with Crippen LogP contribution < -0.4 is 11.5 Å². The summed E-state index contributed by atoms with van der Waals surface area (Å²) in [6.45, 7) is 0. The van der Waals surface area contributed by atoms with Gasteiger partial charge in [-0.1, -0.05) is 12.1 Å². The molecule has 4 rings (SSSR count). The maximum atomic E-state index is 11.3. The number of nitrogens with two attached hydrogens (primary N) is 2. The van der Waals surface area contributed by atoms with Crippen LogP contribution in [0.1, 0.15) is 0 Å². The minimum Gasteiger partial charge on any atom is -0.399 e. The minimum absolute atomic E-state index is 0.101. The first-order valence-electron chi connectivity index (χ1n) is 9.74. The second-order valence-electron chi connectivity index (χ2n) is 7.70. The topological polar surface area (TPSA) is 270 Å². The number of hydrogen-bond donors (Lipinski definition) is 6. The van der Waals surface area contributed by atoms with Crippen LogP contribution in [0.2, 0.25) is 0 Å². The molecule has 0 amide bonds. The Morgan fingerprint density at radius 1 is 0.447 bits per heavy atom. The molecule has 0 atom stereocenters. The summed E-state index contributed by atoms with van der Waals surface area (Å²) >= 11 is 0. The van der Waals surface area contributed by atoms with E-state index < -0.39 is 60.1 Å². The van der Waals surface area contributed by atoms with E-state index in [1.807, 2.05) is 0 Å². The van der Waals surface area contributed by atoms with E-state index in [0.717, 1.165) is 12.1 Å². The molecule has 14 nitrogen and oxygen atoms in total. The fourth-order valence-corrected chi connectivity index (χ4v) is 6.09. The van der Waals surface area contributed by atoms with Gasteiger partial charge in [0, 0.05) is 22.1 Å². The number of anilines is 2. The van der Waals surface area contributed by atoms with E-state index in [-0.39, 0.29) is 32.9 Å². The molecule has 4 aromatic carbocycles. The molecule has 0 aliphatic heterocycles. The molecule has 0 unspecified atom stereocenters. The van der Waals surface area contributed by atoms with Crippen molar-refractivity contribution < 1.29 is 51.9 Å². The average Bonchev–Trinajstić information content (AvgIpc) is 2.75. The number of rotatable bonds is 4. The second kappa shape index (κ2) is 9.75. The third-order valence-electron chi connectivity index (χ3n) is 4.98. The molecule has 0 fully saturated rings. The first-order chi connectivity index (χ1) is 17.2. The van der Waals surface area contributed by atoms with Gasteiger partial charge in [0.2, 0.25) is 0 Å². The monoisotopic (exact) mass is 606 g/mol. The third-order valence-corrected chi connectivity index (χ3v) is 8.43. The smallest absolute Gasteiger partial charge is 0.295 e. The standard InChI is InChI=1S/2C10H9NO6S2/c2*11-7-1-2-9-6(3-7)4-8(18(12,13)14)5-10(9)19(15,16)17/h2*1-5H,11H2,(H,12,13,14)(H,15,16,17). The van der Waals surface area contributed by atoms with Crippen LogP contribution in [0.15, 0.2) is 80.2 Å². The third kappa shape index (κ3) is 6.55. The normalized spacial score (nSPS) is 12.7. The van der Waals surface area contributed by atoms with Gasteiger partial charge in [-0.15, -0.1) is 0 Å². The highest BCUT2D eigenvalue weighted by Crippen LogP contribution is 2.30. The highest BCUT2D eigenvalue weighted by Gasteiger charge is 2.21. The maximum absolute atomic E-state index is 11.3. The van der Waals surface area contributed by atoms with Gasteiger partial charge >= 0.3 is 0 Å². The van der Waals surface area contributed by atoms with Gasteiger partial charge in [0.25, 0.3) is 40.5 Å². The molecule has 4 aromatic rings. The van der Waals surface area contributed by atoms with E-state index >= 15 is 0 Å². The quantitative estimate of drug-likeness (QED) is 0.143. The highest BCUT2D eigenvalue weighted by atomic mass is 32.2. The van der Waals surface area contributed by atoms with Gasteiger partial charge in [0.1, 0.15) is 9.79 Å². The van der Waals surface area contributed by atoms with Crippen LogP contribution in [0.3, 0.4) is 0 Å². The van der Waals surface area contributed by atoms with Gasteiger partial charge in [-0.2, -0.15) is 33.7 Å². The lowest BCUT2D eigenvalue weighted by Gasteiger charge is -2.07. The Morgan fingerprint density at radius 2 is 0.763 bits per heavy atom. The molecule has 0 saturated carbocycles. The molecule has 0 aliphatic rings. The van der Waals surface area contributed by atoms with Crippen molar-refractivity contribution in [1.82, 2.24) is 0 Å². The number of nitrogen functional groups attached to an aromatic ring is 2. The van der Waals surface area contributed by atoms with Crippen molar-refractivity contribution in [2.45, 2.75) is 19.6 Å². The van der Waals surface area contributed by atoms with Gasteiger partial charge in [0.05, 0.1) is 9.79 Å². The molecule has 0 aromatic heterocycles. The Balaban J connectivity index is 0.000000211. The summed E-state index contributed by atoms with van der Waals surface area (Å²) in [7, 11) is -18.5. The minimum atomic E-state index is -4.64. The summed E-state index contributed by atoms with van der Waals surface area (Å²) in [6, 6.07) is 11.6. The van der Waals surface area contributed by atoms with E-state index in [1.165, 1.54) is 36.4 Å². The molecule has 0 spiro atoms. The first-order valence-corrected chi connectivity index (χ1v) is 15.5. The van der Waals surface area contributed by atoms with E-state index in [0.29, 0.717) is 12.1 Å². The predicted molar refractivity (Wildman–Crippen MR) is 136 cm³/mol. The molecule has 0 bridgehead atoms. The zero-order valence-corrected chi connectivity index (χ0v) is 21.9. The van der Waals surface area contributed by atoms with E-state index in [2.05, 4.69) is 0 Å². The van der Waals surface area contributed by atoms with Gasteiger partial charge in [-0.3, -0.25) is 18.2 Å². The van der Waals surface area contributed by atoms with E-state index in [1.54, 1.807) is 0 Å². The molecular weight excluding hydrogens is 588 g/mol. The Bertz CT molecular complexity index is 1890. The Morgan fingerprint density at radius 3 is 1.03 bits per heavy atom. The summed E-state index contributed by atoms with van der Waals surface area (Å²) in [6.07, 6.45) is 0. The van der Waals surface area contributed by atoms with Crippen molar-refractivity contribution in [3.8, 4) is 0 Å². The molecule has 0 radical (unpaired) electrons. The zero-order valence-electron chi connectivity index (χ0n) is 18.6. The van der Waals surface area contributed by atoms with Crippen LogP contribution in [-0.2, 0) is 40.5 Å². The Kier molecular flexibility index (Phi) is 7.49. The summed E-state index contributed by atoms with van der Waals surface area (Å²) in [4.78, 5) is -2.51. The van der Waals surface area contributed by atoms with E-state index in [4.69, 9.17) is 29.7 Å². The van der Waals surface area contributed by atoms with Crippen LogP contribution in [-0.4, -0.2) is 51.9 Å². The summed E-state index contributed by atoms with van der Waals surface area (Å²) in [5.41, 5.74) is 11.6. The van der Waals surface area contributed by atoms with Crippen LogP contribution >= 0.6 is 0 Å². The lowest BCUT2D eigenvalue weighted by Crippen LogP contribution is -2.04. The van der Waals surface area contributed by atoms with Crippen LogP contribution in [0, 0.1) is 0 Å². The summed E-state index contributed by atoms with van der Waals surface area (Å²) in [5.74, 6) is 0. The Hall–Kier alpha value is -3.36. The first kappa shape index (κ1) is 29.2. The summed E-state index contributed by atoms with van der Waals surface area (Å²) in [5, 5.41) is 0.540. The molecule has 8 N–H and O–H groups in total. The van der Waals surface area contributed by atoms with Crippen molar-refractivity contribution in [3.63, 3.8) is 0 Å². The van der Waals surface area contributed by atoms with Crippen LogP contribution in [0.25, 0.3) is 21.5 Å². The molecule has 18 heteroatoms. The number of fused-ring (bicyclic) bond motifs is 2. The molecule has 0 aliphatic carbocycles. The molecule has 0 heterocycles. The number of hydrogen-bond acceptors (Lipinski definition) is 10. The lowest BCUT2D eigenvalue weighted by atomic mass is 10.1. The average molecular weight is 607 g/mol. The van der Waals surface area contributed by atoms with Crippen molar-refractivity contribution in [2.75, 3.05) is 11.5 Å². The van der Waals surface area contributed by atoms with Gasteiger partial charge in [-0.05, 0) is 59.3 Å². The summed E-state index contributed by atoms with van der Waals surface area (Å²) < 4.78 is 126. The SMILES string of the molecule is Nc1ccc2c(S(=O)(=O)O)cc(S(=O)(=O)O)cc2c1.Nc1ccc2c(S(=O)(=O)O)cc(S(=O)(=O)O)cc2c1. The highest BCUT2D eigenvalue weighted by molar-refractivity contribution is 7.87. The fraction of sp³-hybridized carbons (Fsp3) is 0. The van der Waals surface area contributed by atoms with Gasteiger partial charge in [-0.25, -0.2) is 0 Å². The predicted octanol–water partition coefficient (Wildman–Crippen LogP) is 1.83. The van der Waals surface area contributed by atoms with Gasteiger partial charge < -0.3 is 11.5 Å². The zero-order chi connectivity index (χ0) is 28.8. The van der Waals surface area contributed by atoms with Crippen LogP contribution in [0.4, 0.5) is 11.4 Å². The van der Waals surface area contributed by atoms with Gasteiger partial charge in [0.15, 0.2) is 0 Å². The van der Waals surface area contributed by atoms with Crippen molar-refractivity contribution >= 4 is 73.4 Å². The molecule has 204 valence electrons.